The third-order valence-corrected chi connectivity index (χ3v) is 6.63. The summed E-state index contributed by atoms with van der Waals surface area (Å²) in [6.45, 7) is 9.11. The second kappa shape index (κ2) is 5.04. The predicted octanol–water partition coefficient (Wildman–Crippen LogP) is 0.701. The first-order valence-corrected chi connectivity index (χ1v) is 8.75. The van der Waals surface area contributed by atoms with Crippen LogP contribution in [0.15, 0.2) is 24.3 Å². The maximum atomic E-state index is 12.7. The summed E-state index contributed by atoms with van der Waals surface area (Å²) in [6, 6.07) is 0. The van der Waals surface area contributed by atoms with Crippen LogP contribution in [0.1, 0.15) is 27.2 Å². The molecule has 3 fully saturated rings. The minimum absolute atomic E-state index is 0.159. The van der Waals surface area contributed by atoms with Crippen LogP contribution in [-0.4, -0.2) is 52.8 Å². The standard InChI is InChI=1S/C19H22O7/c1-9-7-11(25-16(22)17(3)8-24-17)13-10(2)15(21)26-14(13)18(4)12(20)5-6-19(9,18)23/h5-6,9,11,13-14,23H,2,7-8H2,1,3-4H3/t9-,11-,13-,14+,17?,18-,19+/m0/s1. The third-order valence-electron chi connectivity index (χ3n) is 6.63. The van der Waals surface area contributed by atoms with Crippen LogP contribution in [0.5, 0.6) is 0 Å². The Morgan fingerprint density at radius 1 is 1.38 bits per heavy atom. The first kappa shape index (κ1) is 17.4. The zero-order valence-corrected chi connectivity index (χ0v) is 15.0. The van der Waals surface area contributed by atoms with Crippen molar-refractivity contribution in [1.82, 2.24) is 0 Å². The van der Waals surface area contributed by atoms with Crippen LogP contribution < -0.4 is 0 Å². The lowest BCUT2D eigenvalue weighted by Crippen LogP contribution is -2.56. The molecule has 1 saturated carbocycles. The molecule has 2 saturated heterocycles. The number of carbonyl (C=O) groups excluding carboxylic acids is 3. The second-order valence-corrected chi connectivity index (χ2v) is 8.20. The Morgan fingerprint density at radius 3 is 2.65 bits per heavy atom. The average molecular weight is 362 g/mol. The molecule has 1 N–H and O–H groups in total. The molecule has 2 aliphatic carbocycles. The Labute approximate surface area is 151 Å². The van der Waals surface area contributed by atoms with Crippen molar-refractivity contribution >= 4 is 17.7 Å². The summed E-state index contributed by atoms with van der Waals surface area (Å²) in [5.74, 6) is -2.56. The van der Waals surface area contributed by atoms with E-state index in [4.69, 9.17) is 14.2 Å². The van der Waals surface area contributed by atoms with Crippen LogP contribution in [-0.2, 0) is 28.6 Å². The molecule has 2 aliphatic heterocycles. The zero-order valence-electron chi connectivity index (χ0n) is 15.0. The van der Waals surface area contributed by atoms with E-state index >= 15 is 0 Å². The molecule has 1 unspecified atom stereocenters. The van der Waals surface area contributed by atoms with Gasteiger partial charge < -0.3 is 19.3 Å². The number of rotatable bonds is 2. The third kappa shape index (κ3) is 1.98. The maximum Gasteiger partial charge on any atom is 0.340 e. The number of epoxide rings is 1. The highest BCUT2D eigenvalue weighted by Crippen LogP contribution is 2.57. The van der Waals surface area contributed by atoms with Crippen molar-refractivity contribution in [3.05, 3.63) is 24.3 Å². The van der Waals surface area contributed by atoms with Gasteiger partial charge in [0.2, 0.25) is 0 Å². The lowest BCUT2D eigenvalue weighted by Gasteiger charge is -2.43. The van der Waals surface area contributed by atoms with Crippen molar-refractivity contribution in [1.29, 1.82) is 0 Å². The van der Waals surface area contributed by atoms with Gasteiger partial charge in [0, 0.05) is 5.57 Å². The molecule has 0 aromatic rings. The molecule has 0 aromatic heterocycles. The largest absolute Gasteiger partial charge is 0.459 e. The Bertz CT molecular complexity index is 764. The molecule has 4 rings (SSSR count). The normalized spacial score (nSPS) is 49.3. The van der Waals surface area contributed by atoms with Gasteiger partial charge in [-0.15, -0.1) is 0 Å². The number of aliphatic hydroxyl groups is 1. The van der Waals surface area contributed by atoms with Gasteiger partial charge in [0.05, 0.1) is 12.5 Å². The van der Waals surface area contributed by atoms with Crippen LogP contribution >= 0.6 is 0 Å². The van der Waals surface area contributed by atoms with E-state index in [9.17, 15) is 19.5 Å². The molecule has 7 atom stereocenters. The van der Waals surface area contributed by atoms with Gasteiger partial charge in [-0.05, 0) is 38.3 Å². The highest BCUT2D eigenvalue weighted by Gasteiger charge is 2.69. The quantitative estimate of drug-likeness (QED) is 0.438. The smallest absolute Gasteiger partial charge is 0.340 e. The summed E-state index contributed by atoms with van der Waals surface area (Å²) in [7, 11) is 0. The van der Waals surface area contributed by atoms with E-state index in [1.54, 1.807) is 20.8 Å². The molecule has 0 amide bonds. The molecule has 140 valence electrons. The summed E-state index contributed by atoms with van der Waals surface area (Å²) in [6.07, 6.45) is 1.39. The predicted molar refractivity (Wildman–Crippen MR) is 87.7 cm³/mol. The van der Waals surface area contributed by atoms with Crippen molar-refractivity contribution in [2.45, 2.75) is 50.6 Å². The highest BCUT2D eigenvalue weighted by atomic mass is 16.6. The summed E-state index contributed by atoms with van der Waals surface area (Å²) >= 11 is 0. The fourth-order valence-corrected chi connectivity index (χ4v) is 4.55. The Balaban J connectivity index is 1.77. The molecule has 0 bridgehead atoms. The lowest BCUT2D eigenvalue weighted by molar-refractivity contribution is -0.167. The SMILES string of the molecule is C=C1C(=O)O[C@@H]2[C@@H]1[C@@H](OC(=O)C1(C)CO1)C[C@H](C)[C@]1(O)C=CC(=O)[C@@]21C. The van der Waals surface area contributed by atoms with E-state index < -0.39 is 52.6 Å². The molecule has 7 nitrogen and oxygen atoms in total. The lowest BCUT2D eigenvalue weighted by atomic mass is 9.65. The molecule has 4 aliphatic rings. The van der Waals surface area contributed by atoms with Gasteiger partial charge >= 0.3 is 11.9 Å². The fourth-order valence-electron chi connectivity index (χ4n) is 4.55. The van der Waals surface area contributed by atoms with Crippen LogP contribution in [0.25, 0.3) is 0 Å². The van der Waals surface area contributed by atoms with Crippen molar-refractivity contribution in [3.63, 3.8) is 0 Å². The topological polar surface area (TPSA) is 102 Å². The number of hydrogen-bond donors (Lipinski definition) is 1. The molecule has 2 heterocycles. The average Bonchev–Trinajstić information content (AvgIpc) is 3.22. The van der Waals surface area contributed by atoms with E-state index in [1.165, 1.54) is 12.2 Å². The Morgan fingerprint density at radius 2 is 2.04 bits per heavy atom. The van der Waals surface area contributed by atoms with Crippen molar-refractivity contribution < 1.29 is 33.7 Å². The maximum absolute atomic E-state index is 12.7. The number of ketones is 1. The molecular formula is C19H22O7. The first-order chi connectivity index (χ1) is 12.0. The van der Waals surface area contributed by atoms with E-state index in [2.05, 4.69) is 6.58 Å². The van der Waals surface area contributed by atoms with Gasteiger partial charge in [-0.25, -0.2) is 9.59 Å². The van der Waals surface area contributed by atoms with Crippen molar-refractivity contribution in [2.24, 2.45) is 17.3 Å². The first-order valence-electron chi connectivity index (χ1n) is 8.75. The molecule has 26 heavy (non-hydrogen) atoms. The molecular weight excluding hydrogens is 340 g/mol. The Hall–Kier alpha value is -1.99. The van der Waals surface area contributed by atoms with Crippen LogP contribution in [0.2, 0.25) is 0 Å². The number of carbonyl (C=O) groups is 3. The monoisotopic (exact) mass is 362 g/mol. The molecule has 7 heteroatoms. The number of allylic oxidation sites excluding steroid dienone is 1. The van der Waals surface area contributed by atoms with Crippen LogP contribution in [0, 0.1) is 17.3 Å². The fraction of sp³-hybridized carbons (Fsp3) is 0.632. The van der Waals surface area contributed by atoms with E-state index in [1.807, 2.05) is 0 Å². The number of esters is 2. The van der Waals surface area contributed by atoms with Gasteiger partial charge in [-0.1, -0.05) is 13.5 Å². The van der Waals surface area contributed by atoms with Crippen LogP contribution in [0.4, 0.5) is 0 Å². The van der Waals surface area contributed by atoms with Crippen molar-refractivity contribution in [3.8, 4) is 0 Å². The highest BCUT2D eigenvalue weighted by molar-refractivity contribution is 6.01. The number of ether oxygens (including phenoxy) is 3. The number of fused-ring (bicyclic) bond motifs is 3. The van der Waals surface area contributed by atoms with Gasteiger partial charge in [0.15, 0.2) is 11.4 Å². The van der Waals surface area contributed by atoms with Gasteiger partial charge in [-0.2, -0.15) is 0 Å². The minimum Gasteiger partial charge on any atom is -0.459 e. The van der Waals surface area contributed by atoms with Crippen molar-refractivity contribution in [2.75, 3.05) is 6.61 Å². The van der Waals surface area contributed by atoms with E-state index in [0.29, 0.717) is 0 Å². The van der Waals surface area contributed by atoms with E-state index in [-0.39, 0.29) is 24.4 Å². The zero-order chi connectivity index (χ0) is 19.1. The summed E-state index contributed by atoms with van der Waals surface area (Å²) in [4.78, 5) is 37.3. The second-order valence-electron chi connectivity index (χ2n) is 8.20. The summed E-state index contributed by atoms with van der Waals surface area (Å²) in [5.41, 5.74) is -3.67. The van der Waals surface area contributed by atoms with Gasteiger partial charge in [-0.3, -0.25) is 4.79 Å². The molecule has 0 radical (unpaired) electrons. The summed E-state index contributed by atoms with van der Waals surface area (Å²) < 4.78 is 16.3. The van der Waals surface area contributed by atoms with Gasteiger partial charge in [0.25, 0.3) is 0 Å². The Kier molecular flexibility index (Phi) is 3.38. The van der Waals surface area contributed by atoms with Gasteiger partial charge in [0.1, 0.15) is 23.2 Å². The minimum atomic E-state index is -1.50. The summed E-state index contributed by atoms with van der Waals surface area (Å²) in [5, 5.41) is 11.3. The number of hydrogen-bond acceptors (Lipinski definition) is 7. The van der Waals surface area contributed by atoms with E-state index in [0.717, 1.165) is 0 Å². The van der Waals surface area contributed by atoms with Crippen LogP contribution in [0.3, 0.4) is 0 Å². The molecule has 0 aromatic carbocycles. The molecule has 0 spiro atoms.